The van der Waals surface area contributed by atoms with Gasteiger partial charge in [-0.2, -0.15) is 0 Å². The molecule has 0 fully saturated rings. The molecule has 0 aliphatic heterocycles. The maximum Gasteiger partial charge on any atom is 0.239 e. The molecule has 1 aromatic carbocycles. The molecular weight excluding hydrogens is 284 g/mol. The molecule has 3 nitrogen and oxygen atoms in total. The standard InChI is InChI=1S/C17H25ClN2O/c1-6-20(11-12(2)3)17(21)14(5)19-13(4)15-7-9-16(18)10-8-15/h7-10,13-14,19H,2,6,11H2,1,3-5H3. The molecule has 21 heavy (non-hydrogen) atoms. The highest BCUT2D eigenvalue weighted by atomic mass is 35.5. The average molecular weight is 309 g/mol. The summed E-state index contributed by atoms with van der Waals surface area (Å²) in [5.74, 6) is 0.0984. The minimum Gasteiger partial charge on any atom is -0.338 e. The molecular formula is C17H25ClN2O. The van der Waals surface area contributed by atoms with E-state index < -0.39 is 0 Å². The SMILES string of the molecule is C=C(C)CN(CC)C(=O)C(C)NC(C)c1ccc(Cl)cc1. The van der Waals surface area contributed by atoms with Gasteiger partial charge in [0, 0.05) is 24.2 Å². The molecule has 0 saturated heterocycles. The van der Waals surface area contributed by atoms with Crippen LogP contribution in [0.1, 0.15) is 39.3 Å². The summed E-state index contributed by atoms with van der Waals surface area (Å²) >= 11 is 5.89. The van der Waals surface area contributed by atoms with Gasteiger partial charge in [0.05, 0.1) is 6.04 Å². The van der Waals surface area contributed by atoms with Gasteiger partial charge in [0.1, 0.15) is 0 Å². The molecule has 2 atom stereocenters. The number of rotatable bonds is 7. The van der Waals surface area contributed by atoms with Gasteiger partial charge in [-0.15, -0.1) is 0 Å². The quantitative estimate of drug-likeness (QED) is 0.777. The summed E-state index contributed by atoms with van der Waals surface area (Å²) in [7, 11) is 0. The monoisotopic (exact) mass is 308 g/mol. The van der Waals surface area contributed by atoms with E-state index in [4.69, 9.17) is 11.6 Å². The fourth-order valence-electron chi connectivity index (χ4n) is 2.24. The molecule has 0 spiro atoms. The van der Waals surface area contributed by atoms with E-state index in [2.05, 4.69) is 11.9 Å². The summed E-state index contributed by atoms with van der Waals surface area (Å²) in [5, 5.41) is 4.06. The number of amides is 1. The van der Waals surface area contributed by atoms with Crippen LogP contribution in [0.2, 0.25) is 5.02 Å². The Balaban J connectivity index is 2.66. The molecule has 0 aromatic heterocycles. The van der Waals surface area contributed by atoms with Crippen molar-refractivity contribution in [2.45, 2.75) is 39.8 Å². The molecule has 0 radical (unpaired) electrons. The summed E-state index contributed by atoms with van der Waals surface area (Å²) in [6.07, 6.45) is 0. The normalized spacial score (nSPS) is 13.6. The molecule has 1 rings (SSSR count). The van der Waals surface area contributed by atoms with Crippen LogP contribution in [-0.4, -0.2) is 29.9 Å². The van der Waals surface area contributed by atoms with Crippen LogP contribution in [0.15, 0.2) is 36.4 Å². The van der Waals surface area contributed by atoms with Crippen LogP contribution in [0.4, 0.5) is 0 Å². The van der Waals surface area contributed by atoms with Crippen LogP contribution >= 0.6 is 11.6 Å². The first-order chi connectivity index (χ1) is 9.85. The van der Waals surface area contributed by atoms with Crippen molar-refractivity contribution in [2.75, 3.05) is 13.1 Å². The van der Waals surface area contributed by atoms with Crippen molar-refractivity contribution in [2.24, 2.45) is 0 Å². The average Bonchev–Trinajstić information content (AvgIpc) is 2.44. The van der Waals surface area contributed by atoms with Gasteiger partial charge in [0.25, 0.3) is 0 Å². The number of carbonyl (C=O) groups is 1. The number of nitrogens with one attached hydrogen (secondary N) is 1. The van der Waals surface area contributed by atoms with Crippen LogP contribution in [0.3, 0.4) is 0 Å². The maximum absolute atomic E-state index is 12.4. The van der Waals surface area contributed by atoms with Crippen molar-refractivity contribution >= 4 is 17.5 Å². The van der Waals surface area contributed by atoms with E-state index in [1.54, 1.807) is 0 Å². The summed E-state index contributed by atoms with van der Waals surface area (Å²) < 4.78 is 0. The number of halogens is 1. The third-order valence-corrected chi connectivity index (χ3v) is 3.65. The van der Waals surface area contributed by atoms with E-state index >= 15 is 0 Å². The van der Waals surface area contributed by atoms with E-state index in [-0.39, 0.29) is 18.0 Å². The third-order valence-electron chi connectivity index (χ3n) is 3.39. The van der Waals surface area contributed by atoms with Crippen LogP contribution < -0.4 is 5.32 Å². The van der Waals surface area contributed by atoms with Crippen LogP contribution in [0.5, 0.6) is 0 Å². The van der Waals surface area contributed by atoms with E-state index in [9.17, 15) is 4.79 Å². The van der Waals surface area contributed by atoms with E-state index in [1.165, 1.54) is 0 Å². The zero-order valence-corrected chi connectivity index (χ0v) is 14.1. The highest BCUT2D eigenvalue weighted by Crippen LogP contribution is 2.16. The first kappa shape index (κ1) is 17.7. The Morgan fingerprint density at radius 2 is 1.90 bits per heavy atom. The zero-order valence-electron chi connectivity index (χ0n) is 13.3. The van der Waals surface area contributed by atoms with Gasteiger partial charge in [-0.25, -0.2) is 0 Å². The number of nitrogens with zero attached hydrogens (tertiary/aromatic N) is 1. The van der Waals surface area contributed by atoms with E-state index in [0.717, 1.165) is 11.1 Å². The second kappa shape index (κ2) is 8.20. The number of hydrogen-bond donors (Lipinski definition) is 1. The first-order valence-electron chi connectivity index (χ1n) is 7.29. The topological polar surface area (TPSA) is 32.3 Å². The molecule has 0 heterocycles. The number of hydrogen-bond acceptors (Lipinski definition) is 2. The Bertz CT molecular complexity index is 484. The Morgan fingerprint density at radius 3 is 2.38 bits per heavy atom. The van der Waals surface area contributed by atoms with E-state index in [1.807, 2.05) is 56.9 Å². The highest BCUT2D eigenvalue weighted by Gasteiger charge is 2.21. The van der Waals surface area contributed by atoms with Crippen molar-refractivity contribution < 1.29 is 4.79 Å². The molecule has 0 bridgehead atoms. The summed E-state index contributed by atoms with van der Waals surface area (Å²) in [6.45, 7) is 13.0. The molecule has 1 aromatic rings. The smallest absolute Gasteiger partial charge is 0.239 e. The van der Waals surface area contributed by atoms with Crippen molar-refractivity contribution in [1.29, 1.82) is 0 Å². The van der Waals surface area contributed by atoms with Gasteiger partial charge >= 0.3 is 0 Å². The van der Waals surface area contributed by atoms with Gasteiger partial charge in [0.2, 0.25) is 5.91 Å². The number of likely N-dealkylation sites (N-methyl/N-ethyl adjacent to an activating group) is 1. The predicted molar refractivity (Wildman–Crippen MR) is 89.5 cm³/mol. The Labute approximate surface area is 133 Å². The lowest BCUT2D eigenvalue weighted by atomic mass is 10.1. The minimum absolute atomic E-state index is 0.0877. The Morgan fingerprint density at radius 1 is 1.33 bits per heavy atom. The van der Waals surface area contributed by atoms with Crippen LogP contribution in [-0.2, 0) is 4.79 Å². The van der Waals surface area contributed by atoms with Crippen LogP contribution in [0.25, 0.3) is 0 Å². The third kappa shape index (κ3) is 5.52. The zero-order chi connectivity index (χ0) is 16.0. The van der Waals surface area contributed by atoms with Crippen molar-refractivity contribution in [3.05, 3.63) is 47.0 Å². The highest BCUT2D eigenvalue weighted by molar-refractivity contribution is 6.30. The van der Waals surface area contributed by atoms with Gasteiger partial charge in [0.15, 0.2) is 0 Å². The molecule has 0 aliphatic carbocycles. The molecule has 0 saturated carbocycles. The molecule has 4 heteroatoms. The molecule has 2 unspecified atom stereocenters. The Kier molecular flexibility index (Phi) is 6.93. The van der Waals surface area contributed by atoms with E-state index in [0.29, 0.717) is 18.1 Å². The lowest BCUT2D eigenvalue weighted by molar-refractivity contribution is -0.132. The summed E-state index contributed by atoms with van der Waals surface area (Å²) in [6, 6.07) is 7.52. The van der Waals surface area contributed by atoms with Gasteiger partial charge in [-0.05, 0) is 45.4 Å². The first-order valence-corrected chi connectivity index (χ1v) is 7.67. The van der Waals surface area contributed by atoms with Crippen molar-refractivity contribution in [3.63, 3.8) is 0 Å². The largest absolute Gasteiger partial charge is 0.338 e. The van der Waals surface area contributed by atoms with Gasteiger partial charge < -0.3 is 4.90 Å². The van der Waals surface area contributed by atoms with Gasteiger partial charge in [-0.3, -0.25) is 10.1 Å². The number of carbonyl (C=O) groups excluding carboxylic acids is 1. The summed E-state index contributed by atoms with van der Waals surface area (Å²) in [4.78, 5) is 14.2. The predicted octanol–water partition coefficient (Wildman–Crippen LogP) is 3.80. The molecule has 116 valence electrons. The fraction of sp³-hybridized carbons (Fsp3) is 0.471. The van der Waals surface area contributed by atoms with Crippen LogP contribution in [0, 0.1) is 0 Å². The lowest BCUT2D eigenvalue weighted by Gasteiger charge is -2.27. The molecule has 1 amide bonds. The van der Waals surface area contributed by atoms with Gasteiger partial charge in [-0.1, -0.05) is 35.9 Å². The second-order valence-corrected chi connectivity index (χ2v) is 5.91. The second-order valence-electron chi connectivity index (χ2n) is 5.47. The maximum atomic E-state index is 12.4. The van der Waals surface area contributed by atoms with Crippen molar-refractivity contribution in [3.8, 4) is 0 Å². The molecule has 1 N–H and O–H groups in total. The molecule has 0 aliphatic rings. The number of benzene rings is 1. The Hall–Kier alpha value is -1.32. The fourth-order valence-corrected chi connectivity index (χ4v) is 2.37. The lowest BCUT2D eigenvalue weighted by Crippen LogP contribution is -2.46. The summed E-state index contributed by atoms with van der Waals surface area (Å²) in [5.41, 5.74) is 2.10. The minimum atomic E-state index is -0.241. The van der Waals surface area contributed by atoms with Crippen molar-refractivity contribution in [1.82, 2.24) is 10.2 Å².